The van der Waals surface area contributed by atoms with Crippen LogP contribution in [0.15, 0.2) is 41.3 Å². The molecule has 1 atom stereocenters. The third kappa shape index (κ3) is 3.01. The molecule has 4 rings (SSSR count). The van der Waals surface area contributed by atoms with Gasteiger partial charge in [-0.1, -0.05) is 6.92 Å². The Kier molecular flexibility index (Phi) is 3.87. The Bertz CT molecular complexity index is 958. The van der Waals surface area contributed by atoms with Crippen molar-refractivity contribution in [3.8, 4) is 23.0 Å². The Morgan fingerprint density at radius 2 is 1.65 bits per heavy atom. The van der Waals surface area contributed by atoms with Crippen molar-refractivity contribution in [2.75, 3.05) is 17.9 Å². The fourth-order valence-corrected chi connectivity index (χ4v) is 3.84. The average molecular weight is 377 g/mol. The molecule has 2 aromatic rings. The van der Waals surface area contributed by atoms with Gasteiger partial charge < -0.3 is 18.9 Å². The van der Waals surface area contributed by atoms with Crippen molar-refractivity contribution in [1.82, 2.24) is 0 Å². The van der Waals surface area contributed by atoms with Crippen LogP contribution in [0.1, 0.15) is 20.3 Å². The number of ether oxygens (including phenoxy) is 4. The van der Waals surface area contributed by atoms with Crippen LogP contribution in [-0.2, 0) is 10.0 Å². The second-order valence-electron chi connectivity index (χ2n) is 6.26. The number of rotatable bonds is 4. The fourth-order valence-electron chi connectivity index (χ4n) is 2.77. The first-order valence-corrected chi connectivity index (χ1v) is 9.81. The highest BCUT2D eigenvalue weighted by molar-refractivity contribution is 7.92. The molecule has 0 spiro atoms. The zero-order valence-corrected chi connectivity index (χ0v) is 15.3. The van der Waals surface area contributed by atoms with E-state index in [9.17, 15) is 8.42 Å². The number of hydrogen-bond acceptors (Lipinski definition) is 6. The van der Waals surface area contributed by atoms with Crippen molar-refractivity contribution in [3.63, 3.8) is 0 Å². The van der Waals surface area contributed by atoms with E-state index in [1.165, 1.54) is 12.1 Å². The summed E-state index contributed by atoms with van der Waals surface area (Å²) in [6, 6.07) is 9.48. The minimum Gasteiger partial charge on any atom is -0.486 e. The Balaban J connectivity index is 1.59. The molecule has 0 radical (unpaired) electrons. The molecular weight excluding hydrogens is 358 g/mol. The van der Waals surface area contributed by atoms with Gasteiger partial charge in [-0.2, -0.15) is 0 Å². The quantitative estimate of drug-likeness (QED) is 0.881. The van der Waals surface area contributed by atoms with Crippen LogP contribution in [0.2, 0.25) is 0 Å². The van der Waals surface area contributed by atoms with Crippen LogP contribution in [0.4, 0.5) is 5.69 Å². The number of benzene rings is 2. The molecule has 0 aromatic heterocycles. The van der Waals surface area contributed by atoms with E-state index in [1.807, 2.05) is 13.8 Å². The van der Waals surface area contributed by atoms with Gasteiger partial charge in [-0.25, -0.2) is 8.42 Å². The Hall–Kier alpha value is -2.61. The van der Waals surface area contributed by atoms with Crippen LogP contribution in [0.25, 0.3) is 0 Å². The average Bonchev–Trinajstić information content (AvgIpc) is 2.97. The normalized spacial score (nSPS) is 20.7. The summed E-state index contributed by atoms with van der Waals surface area (Å²) in [6.07, 6.45) is 0.667. The highest BCUT2D eigenvalue weighted by Gasteiger charge is 2.35. The van der Waals surface area contributed by atoms with Gasteiger partial charge in [0.15, 0.2) is 23.0 Å². The van der Waals surface area contributed by atoms with Crippen molar-refractivity contribution in [2.45, 2.75) is 31.0 Å². The molecule has 0 unspecified atom stereocenters. The molecule has 0 aliphatic carbocycles. The van der Waals surface area contributed by atoms with Crippen molar-refractivity contribution in [3.05, 3.63) is 36.4 Å². The van der Waals surface area contributed by atoms with Crippen molar-refractivity contribution < 1.29 is 27.4 Å². The number of nitrogens with one attached hydrogen (secondary N) is 1. The summed E-state index contributed by atoms with van der Waals surface area (Å²) in [4.78, 5) is 0.0952. The maximum absolute atomic E-state index is 12.7. The van der Waals surface area contributed by atoms with Gasteiger partial charge in [0.1, 0.15) is 13.2 Å². The van der Waals surface area contributed by atoms with E-state index < -0.39 is 15.8 Å². The van der Waals surface area contributed by atoms with E-state index in [4.69, 9.17) is 18.9 Å². The molecule has 2 aliphatic heterocycles. The van der Waals surface area contributed by atoms with Crippen LogP contribution >= 0.6 is 0 Å². The summed E-state index contributed by atoms with van der Waals surface area (Å²) in [5.74, 6) is 1.34. The zero-order valence-electron chi connectivity index (χ0n) is 14.4. The maximum Gasteiger partial charge on any atom is 0.262 e. The monoisotopic (exact) mass is 377 g/mol. The molecule has 2 aromatic carbocycles. The van der Waals surface area contributed by atoms with E-state index >= 15 is 0 Å². The number of fused-ring (bicyclic) bond motifs is 2. The first kappa shape index (κ1) is 16.8. The molecule has 0 saturated heterocycles. The van der Waals surface area contributed by atoms with E-state index in [0.717, 1.165) is 0 Å². The Morgan fingerprint density at radius 3 is 2.42 bits per heavy atom. The summed E-state index contributed by atoms with van der Waals surface area (Å²) >= 11 is 0. The Labute approximate surface area is 151 Å². The van der Waals surface area contributed by atoms with Gasteiger partial charge in [-0.3, -0.25) is 4.72 Å². The summed E-state index contributed by atoms with van der Waals surface area (Å²) in [7, 11) is -3.78. The van der Waals surface area contributed by atoms with Crippen molar-refractivity contribution >= 4 is 15.7 Å². The topological polar surface area (TPSA) is 83.1 Å². The highest BCUT2D eigenvalue weighted by Crippen LogP contribution is 2.42. The lowest BCUT2D eigenvalue weighted by molar-refractivity contribution is -0.0640. The Morgan fingerprint density at radius 1 is 0.962 bits per heavy atom. The van der Waals surface area contributed by atoms with Gasteiger partial charge in [-0.05, 0) is 24.3 Å². The number of sulfonamides is 1. The molecule has 0 saturated carbocycles. The summed E-state index contributed by atoms with van der Waals surface area (Å²) < 4.78 is 50.3. The molecule has 0 bridgehead atoms. The summed E-state index contributed by atoms with van der Waals surface area (Å²) in [5.41, 5.74) is 0.391. The minimum atomic E-state index is -3.78. The molecule has 26 heavy (non-hydrogen) atoms. The largest absolute Gasteiger partial charge is 0.486 e. The molecule has 2 heterocycles. The molecule has 2 aliphatic rings. The van der Waals surface area contributed by atoms with Crippen LogP contribution in [0.5, 0.6) is 23.0 Å². The molecule has 0 fully saturated rings. The van der Waals surface area contributed by atoms with Gasteiger partial charge >= 0.3 is 0 Å². The third-order valence-corrected chi connectivity index (χ3v) is 5.69. The molecule has 1 N–H and O–H groups in total. The molecule has 7 nitrogen and oxygen atoms in total. The molecule has 138 valence electrons. The van der Waals surface area contributed by atoms with Crippen LogP contribution < -0.4 is 23.7 Å². The minimum absolute atomic E-state index is 0.0952. The standard InChI is InChI=1S/C18H19NO6S/c1-3-18(2)24-15-6-4-12(10-17(15)25-18)19-26(20,21)13-5-7-14-16(11-13)23-9-8-22-14/h4-7,10-11,19H,3,8-9H2,1-2H3/t18-/m1/s1. The predicted molar refractivity (Wildman–Crippen MR) is 94.6 cm³/mol. The first-order chi connectivity index (χ1) is 12.4. The zero-order chi connectivity index (χ0) is 18.4. The maximum atomic E-state index is 12.7. The molecule has 0 amide bonds. The molecular formula is C18H19NO6S. The second kappa shape index (κ2) is 5.98. The fraction of sp³-hybridized carbons (Fsp3) is 0.333. The number of hydrogen-bond donors (Lipinski definition) is 1. The van der Waals surface area contributed by atoms with Crippen molar-refractivity contribution in [2.24, 2.45) is 0 Å². The van der Waals surface area contributed by atoms with E-state index in [1.54, 1.807) is 24.3 Å². The molecule has 8 heteroatoms. The van der Waals surface area contributed by atoms with Gasteiger partial charge in [0.05, 0.1) is 10.6 Å². The van der Waals surface area contributed by atoms with Crippen LogP contribution in [-0.4, -0.2) is 27.4 Å². The summed E-state index contributed by atoms with van der Waals surface area (Å²) in [5, 5.41) is 0. The predicted octanol–water partition coefficient (Wildman–Crippen LogP) is 3.16. The van der Waals surface area contributed by atoms with Crippen molar-refractivity contribution in [1.29, 1.82) is 0 Å². The lowest BCUT2D eigenvalue weighted by Crippen LogP contribution is -2.33. The summed E-state index contributed by atoms with van der Waals surface area (Å²) in [6.45, 7) is 4.64. The first-order valence-electron chi connectivity index (χ1n) is 8.33. The second-order valence-corrected chi connectivity index (χ2v) is 7.95. The van der Waals surface area contributed by atoms with Gasteiger partial charge in [0, 0.05) is 25.5 Å². The lowest BCUT2D eigenvalue weighted by atomic mass is 10.2. The van der Waals surface area contributed by atoms with Gasteiger partial charge in [-0.15, -0.1) is 0 Å². The van der Waals surface area contributed by atoms with Gasteiger partial charge in [0.2, 0.25) is 5.79 Å². The van der Waals surface area contributed by atoms with Crippen LogP contribution in [0.3, 0.4) is 0 Å². The van der Waals surface area contributed by atoms with E-state index in [2.05, 4.69) is 4.72 Å². The smallest absolute Gasteiger partial charge is 0.262 e. The third-order valence-electron chi connectivity index (χ3n) is 4.31. The van der Waals surface area contributed by atoms with Crippen LogP contribution in [0, 0.1) is 0 Å². The highest BCUT2D eigenvalue weighted by atomic mass is 32.2. The van der Waals surface area contributed by atoms with E-state index in [-0.39, 0.29) is 4.90 Å². The van der Waals surface area contributed by atoms with Gasteiger partial charge in [0.25, 0.3) is 10.0 Å². The SMILES string of the molecule is CC[C@]1(C)Oc2ccc(NS(=O)(=O)c3ccc4c(c3)OCCO4)cc2O1. The number of anilines is 1. The van der Waals surface area contributed by atoms with E-state index in [0.29, 0.717) is 48.3 Å². The lowest BCUT2D eigenvalue weighted by Gasteiger charge is -2.20.